The van der Waals surface area contributed by atoms with Crippen LogP contribution in [0.5, 0.6) is 11.5 Å². The fraction of sp³-hybridized carbons (Fsp3) is 0.167. The van der Waals surface area contributed by atoms with Crippen molar-refractivity contribution < 1.29 is 18.8 Å². The highest BCUT2D eigenvalue weighted by atomic mass is 16.6. The van der Waals surface area contributed by atoms with Crippen LogP contribution in [-0.2, 0) is 0 Å². The van der Waals surface area contributed by atoms with E-state index in [1.165, 1.54) is 12.1 Å². The molecule has 1 aromatic heterocycles. The average Bonchev–Trinajstić information content (AvgIpc) is 3.02. The molecule has 0 unspecified atom stereocenters. The molecular formula is C18H16N2O5. The van der Waals surface area contributed by atoms with Crippen molar-refractivity contribution in [3.63, 3.8) is 0 Å². The van der Waals surface area contributed by atoms with Crippen LogP contribution in [0.15, 0.2) is 40.8 Å². The second-order valence-corrected chi connectivity index (χ2v) is 5.14. The summed E-state index contributed by atoms with van der Waals surface area (Å²) in [7, 11) is 1.59. The van der Waals surface area contributed by atoms with E-state index in [0.717, 1.165) is 5.56 Å². The number of rotatable bonds is 6. The van der Waals surface area contributed by atoms with Crippen LogP contribution >= 0.6 is 0 Å². The smallest absolute Gasteiger partial charge is 0.271 e. The van der Waals surface area contributed by atoms with Crippen molar-refractivity contribution in [2.24, 2.45) is 0 Å². The lowest BCUT2D eigenvalue weighted by atomic mass is 10.2. The molecule has 0 aliphatic carbocycles. The molecule has 0 atom stereocenters. The van der Waals surface area contributed by atoms with Gasteiger partial charge in [0.2, 0.25) is 5.89 Å². The third-order valence-corrected chi connectivity index (χ3v) is 3.50. The molecule has 0 N–H and O–H groups in total. The van der Waals surface area contributed by atoms with Crippen molar-refractivity contribution in [3.05, 3.63) is 58.0 Å². The van der Waals surface area contributed by atoms with Crippen LogP contribution in [0.25, 0.3) is 23.3 Å². The van der Waals surface area contributed by atoms with Crippen LogP contribution in [0.2, 0.25) is 0 Å². The summed E-state index contributed by atoms with van der Waals surface area (Å²) in [5, 5.41) is 10.8. The number of nitro groups is 1. The summed E-state index contributed by atoms with van der Waals surface area (Å²) >= 11 is 0. The summed E-state index contributed by atoms with van der Waals surface area (Å²) < 4.78 is 16.4. The van der Waals surface area contributed by atoms with Crippen LogP contribution in [-0.4, -0.2) is 23.6 Å². The maximum Gasteiger partial charge on any atom is 0.271 e. The molecule has 7 nitrogen and oxygen atoms in total. The predicted molar refractivity (Wildman–Crippen MR) is 93.8 cm³/mol. The lowest BCUT2D eigenvalue weighted by molar-refractivity contribution is -0.384. The Kier molecular flexibility index (Phi) is 4.65. The van der Waals surface area contributed by atoms with Gasteiger partial charge in [0, 0.05) is 18.2 Å². The minimum Gasteiger partial charge on any atom is -0.493 e. The molecule has 1 heterocycles. The van der Waals surface area contributed by atoms with Crippen molar-refractivity contribution in [1.29, 1.82) is 0 Å². The molecule has 3 aromatic rings. The number of methoxy groups -OCH3 is 1. The van der Waals surface area contributed by atoms with E-state index < -0.39 is 4.92 Å². The maximum absolute atomic E-state index is 10.8. The van der Waals surface area contributed by atoms with Gasteiger partial charge in [0.05, 0.1) is 18.6 Å². The summed E-state index contributed by atoms with van der Waals surface area (Å²) in [4.78, 5) is 14.6. The molecular weight excluding hydrogens is 324 g/mol. The molecule has 128 valence electrons. The second kappa shape index (κ2) is 7.04. The van der Waals surface area contributed by atoms with Gasteiger partial charge < -0.3 is 13.9 Å². The first kappa shape index (κ1) is 16.5. The zero-order chi connectivity index (χ0) is 17.8. The quantitative estimate of drug-likeness (QED) is 0.491. The van der Waals surface area contributed by atoms with Gasteiger partial charge in [0.25, 0.3) is 5.69 Å². The molecule has 0 saturated carbocycles. The van der Waals surface area contributed by atoms with Gasteiger partial charge >= 0.3 is 0 Å². The molecule has 0 saturated heterocycles. The first-order valence-electron chi connectivity index (χ1n) is 7.64. The lowest BCUT2D eigenvalue weighted by Gasteiger charge is -2.09. The zero-order valence-electron chi connectivity index (χ0n) is 13.8. The van der Waals surface area contributed by atoms with E-state index in [2.05, 4.69) is 4.98 Å². The Morgan fingerprint density at radius 2 is 2.04 bits per heavy atom. The van der Waals surface area contributed by atoms with Crippen LogP contribution in [0, 0.1) is 10.1 Å². The number of nitrogens with zero attached hydrogens (tertiary/aromatic N) is 2. The molecule has 0 radical (unpaired) electrons. The summed E-state index contributed by atoms with van der Waals surface area (Å²) in [5.41, 5.74) is 1.80. The maximum atomic E-state index is 10.8. The molecule has 25 heavy (non-hydrogen) atoms. The van der Waals surface area contributed by atoms with Gasteiger partial charge in [-0.2, -0.15) is 0 Å². The van der Waals surface area contributed by atoms with Crippen molar-refractivity contribution >= 4 is 28.9 Å². The van der Waals surface area contributed by atoms with E-state index in [-0.39, 0.29) is 5.69 Å². The Morgan fingerprint density at radius 3 is 2.76 bits per heavy atom. The topological polar surface area (TPSA) is 87.6 Å². The number of benzene rings is 2. The number of ether oxygens (including phenoxy) is 2. The second-order valence-electron chi connectivity index (χ2n) is 5.14. The van der Waals surface area contributed by atoms with Gasteiger partial charge in [-0.05, 0) is 36.8 Å². The third-order valence-electron chi connectivity index (χ3n) is 3.50. The van der Waals surface area contributed by atoms with Crippen molar-refractivity contribution in [3.8, 4) is 11.5 Å². The number of hydrogen-bond donors (Lipinski definition) is 0. The zero-order valence-corrected chi connectivity index (χ0v) is 13.8. The Hall–Kier alpha value is -3.35. The van der Waals surface area contributed by atoms with Gasteiger partial charge in [-0.25, -0.2) is 4.98 Å². The molecule has 0 aliphatic heterocycles. The van der Waals surface area contributed by atoms with Gasteiger partial charge in [-0.15, -0.1) is 0 Å². The lowest BCUT2D eigenvalue weighted by Crippen LogP contribution is -1.95. The number of fused-ring (bicyclic) bond motifs is 1. The van der Waals surface area contributed by atoms with Gasteiger partial charge in [0.15, 0.2) is 17.1 Å². The highest BCUT2D eigenvalue weighted by molar-refractivity contribution is 5.78. The monoisotopic (exact) mass is 340 g/mol. The molecule has 0 spiro atoms. The average molecular weight is 340 g/mol. The number of oxazole rings is 1. The molecule has 3 rings (SSSR count). The van der Waals surface area contributed by atoms with Crippen molar-refractivity contribution in [2.75, 3.05) is 13.7 Å². The molecule has 0 aliphatic rings. The van der Waals surface area contributed by atoms with E-state index in [1.807, 2.05) is 31.2 Å². The van der Waals surface area contributed by atoms with Crippen LogP contribution in [0.4, 0.5) is 5.69 Å². The van der Waals surface area contributed by atoms with E-state index in [1.54, 1.807) is 19.3 Å². The highest BCUT2D eigenvalue weighted by Crippen LogP contribution is 2.29. The van der Waals surface area contributed by atoms with Crippen LogP contribution in [0.1, 0.15) is 18.4 Å². The highest BCUT2D eigenvalue weighted by Gasteiger charge is 2.10. The van der Waals surface area contributed by atoms with Gasteiger partial charge in [-0.3, -0.25) is 10.1 Å². The number of hydrogen-bond acceptors (Lipinski definition) is 6. The summed E-state index contributed by atoms with van der Waals surface area (Å²) in [5.74, 6) is 1.68. The first-order chi connectivity index (χ1) is 12.1. The fourth-order valence-corrected chi connectivity index (χ4v) is 2.35. The van der Waals surface area contributed by atoms with E-state index in [4.69, 9.17) is 13.9 Å². The van der Waals surface area contributed by atoms with Crippen molar-refractivity contribution in [2.45, 2.75) is 6.92 Å². The SMILES string of the molecule is CCOc1cc(/C=C/c2nc3cc([N+](=O)[O-])ccc3o2)ccc1OC. The van der Waals surface area contributed by atoms with E-state index in [0.29, 0.717) is 35.1 Å². The normalized spacial score (nSPS) is 11.1. The summed E-state index contributed by atoms with van der Waals surface area (Å²) in [6, 6.07) is 9.87. The first-order valence-corrected chi connectivity index (χ1v) is 7.64. The summed E-state index contributed by atoms with van der Waals surface area (Å²) in [6.07, 6.45) is 3.52. The third kappa shape index (κ3) is 3.60. The largest absolute Gasteiger partial charge is 0.493 e. The Balaban J connectivity index is 1.87. The Bertz CT molecular complexity index is 946. The minimum absolute atomic E-state index is 0.0205. The fourth-order valence-electron chi connectivity index (χ4n) is 2.35. The molecule has 7 heteroatoms. The standard InChI is InChI=1S/C18H16N2O5/c1-3-24-17-10-12(4-7-16(17)23-2)5-9-18-19-14-11-13(20(21)22)6-8-15(14)25-18/h4-11H,3H2,1-2H3/b9-5+. The van der Waals surface area contributed by atoms with Gasteiger partial charge in [-0.1, -0.05) is 6.07 Å². The molecule has 0 fully saturated rings. The van der Waals surface area contributed by atoms with Crippen LogP contribution < -0.4 is 9.47 Å². The number of aromatic nitrogens is 1. The molecule has 0 bridgehead atoms. The minimum atomic E-state index is -0.462. The molecule has 0 amide bonds. The van der Waals surface area contributed by atoms with E-state index >= 15 is 0 Å². The van der Waals surface area contributed by atoms with Crippen molar-refractivity contribution in [1.82, 2.24) is 4.98 Å². The molecule has 2 aromatic carbocycles. The Morgan fingerprint density at radius 1 is 1.20 bits per heavy atom. The predicted octanol–water partition coefficient (Wildman–Crippen LogP) is 4.31. The number of nitro benzene ring substituents is 1. The van der Waals surface area contributed by atoms with Crippen LogP contribution in [0.3, 0.4) is 0 Å². The Labute approximate surface area is 143 Å². The van der Waals surface area contributed by atoms with Gasteiger partial charge in [0.1, 0.15) is 5.52 Å². The van der Waals surface area contributed by atoms with E-state index in [9.17, 15) is 10.1 Å². The summed E-state index contributed by atoms with van der Waals surface area (Å²) in [6.45, 7) is 2.44. The number of non-ortho nitro benzene ring substituents is 1.